The maximum absolute atomic E-state index is 10.3. The highest BCUT2D eigenvalue weighted by Gasteiger charge is 2.14. The Labute approximate surface area is 104 Å². The molecule has 0 fully saturated rings. The zero-order valence-corrected chi connectivity index (χ0v) is 10.8. The summed E-state index contributed by atoms with van der Waals surface area (Å²) in [6.45, 7) is 3.98. The molecular formula is C13H13ClOS. The lowest BCUT2D eigenvalue weighted by Gasteiger charge is -2.11. The number of hydrogen-bond acceptors (Lipinski definition) is 2. The van der Waals surface area contributed by atoms with Crippen LogP contribution in [0.4, 0.5) is 0 Å². The van der Waals surface area contributed by atoms with E-state index in [1.54, 1.807) is 11.3 Å². The molecule has 1 N–H and O–H groups in total. The molecule has 2 aromatic rings. The molecule has 1 heterocycles. The summed E-state index contributed by atoms with van der Waals surface area (Å²) >= 11 is 7.56. The van der Waals surface area contributed by atoms with Gasteiger partial charge in [-0.05, 0) is 54.1 Å². The molecule has 3 heteroatoms. The molecule has 0 aliphatic carbocycles. The SMILES string of the molecule is Cc1cc(Cl)cc(C(O)c2sccc2C)c1. The summed E-state index contributed by atoms with van der Waals surface area (Å²) < 4.78 is 0. The summed E-state index contributed by atoms with van der Waals surface area (Å²) in [5.41, 5.74) is 3.04. The van der Waals surface area contributed by atoms with Crippen molar-refractivity contribution in [2.24, 2.45) is 0 Å². The summed E-state index contributed by atoms with van der Waals surface area (Å²) in [6.07, 6.45) is -0.572. The van der Waals surface area contributed by atoms with Crippen LogP contribution in [0.5, 0.6) is 0 Å². The van der Waals surface area contributed by atoms with Gasteiger partial charge >= 0.3 is 0 Å². The van der Waals surface area contributed by atoms with Crippen LogP contribution in [0.1, 0.15) is 27.7 Å². The molecular weight excluding hydrogens is 240 g/mol. The standard InChI is InChI=1S/C13H13ClOS/c1-8-5-10(7-11(14)6-8)12(15)13-9(2)3-4-16-13/h3-7,12,15H,1-2H3. The van der Waals surface area contributed by atoms with E-state index in [-0.39, 0.29) is 0 Å². The fourth-order valence-electron chi connectivity index (χ4n) is 1.74. The van der Waals surface area contributed by atoms with Crippen LogP contribution in [-0.4, -0.2) is 5.11 Å². The van der Waals surface area contributed by atoms with Gasteiger partial charge in [-0.15, -0.1) is 11.3 Å². The van der Waals surface area contributed by atoms with Crippen LogP contribution in [0.3, 0.4) is 0 Å². The van der Waals surface area contributed by atoms with Gasteiger partial charge < -0.3 is 5.11 Å². The number of thiophene rings is 1. The zero-order valence-electron chi connectivity index (χ0n) is 9.20. The quantitative estimate of drug-likeness (QED) is 0.853. The predicted octanol–water partition coefficient (Wildman–Crippen LogP) is 4.10. The highest BCUT2D eigenvalue weighted by atomic mass is 35.5. The first-order chi connectivity index (χ1) is 7.58. The van der Waals surface area contributed by atoms with Gasteiger partial charge in [0.25, 0.3) is 0 Å². The summed E-state index contributed by atoms with van der Waals surface area (Å²) in [5.74, 6) is 0. The summed E-state index contributed by atoms with van der Waals surface area (Å²) in [4.78, 5) is 0.988. The molecule has 0 saturated heterocycles. The number of hydrogen-bond donors (Lipinski definition) is 1. The predicted molar refractivity (Wildman–Crippen MR) is 69.3 cm³/mol. The Hall–Kier alpha value is -0.830. The van der Waals surface area contributed by atoms with Gasteiger partial charge in [-0.25, -0.2) is 0 Å². The summed E-state index contributed by atoms with van der Waals surface area (Å²) in [7, 11) is 0. The van der Waals surface area contributed by atoms with Crippen molar-refractivity contribution in [1.29, 1.82) is 0 Å². The maximum Gasteiger partial charge on any atom is 0.114 e. The third kappa shape index (κ3) is 2.29. The van der Waals surface area contributed by atoms with Gasteiger partial charge in [0, 0.05) is 9.90 Å². The van der Waals surface area contributed by atoms with E-state index in [4.69, 9.17) is 11.6 Å². The first-order valence-corrected chi connectivity index (χ1v) is 6.33. The van der Waals surface area contributed by atoms with Crippen LogP contribution in [0.15, 0.2) is 29.6 Å². The minimum Gasteiger partial charge on any atom is -0.383 e. The third-order valence-electron chi connectivity index (χ3n) is 2.53. The number of aryl methyl sites for hydroxylation is 2. The molecule has 16 heavy (non-hydrogen) atoms. The van der Waals surface area contributed by atoms with E-state index >= 15 is 0 Å². The van der Waals surface area contributed by atoms with Crippen molar-refractivity contribution in [1.82, 2.24) is 0 Å². The van der Waals surface area contributed by atoms with Crippen LogP contribution in [0, 0.1) is 13.8 Å². The Balaban J connectivity index is 2.41. The van der Waals surface area contributed by atoms with Gasteiger partial charge in [0.05, 0.1) is 0 Å². The third-order valence-corrected chi connectivity index (χ3v) is 3.82. The van der Waals surface area contributed by atoms with E-state index in [2.05, 4.69) is 0 Å². The number of aliphatic hydroxyl groups is 1. The Morgan fingerprint density at radius 3 is 2.56 bits per heavy atom. The fraction of sp³-hybridized carbons (Fsp3) is 0.231. The molecule has 1 aromatic heterocycles. The number of rotatable bonds is 2. The highest BCUT2D eigenvalue weighted by molar-refractivity contribution is 7.10. The Kier molecular flexibility index (Phi) is 3.33. The second kappa shape index (κ2) is 4.58. The van der Waals surface area contributed by atoms with Gasteiger partial charge in [0.2, 0.25) is 0 Å². The summed E-state index contributed by atoms with van der Waals surface area (Å²) in [6, 6.07) is 7.69. The van der Waals surface area contributed by atoms with Gasteiger partial charge in [0.15, 0.2) is 0 Å². The van der Waals surface area contributed by atoms with Crippen molar-refractivity contribution < 1.29 is 5.11 Å². The Bertz CT molecular complexity index is 484. The lowest BCUT2D eigenvalue weighted by Crippen LogP contribution is -1.99. The molecule has 0 saturated carbocycles. The number of halogens is 1. The molecule has 1 atom stereocenters. The smallest absolute Gasteiger partial charge is 0.114 e. The monoisotopic (exact) mass is 252 g/mol. The largest absolute Gasteiger partial charge is 0.383 e. The highest BCUT2D eigenvalue weighted by Crippen LogP contribution is 2.30. The van der Waals surface area contributed by atoms with Gasteiger partial charge in [-0.2, -0.15) is 0 Å². The van der Waals surface area contributed by atoms with Crippen molar-refractivity contribution in [3.05, 3.63) is 56.2 Å². The van der Waals surface area contributed by atoms with Crippen molar-refractivity contribution in [2.45, 2.75) is 20.0 Å². The van der Waals surface area contributed by atoms with Crippen molar-refractivity contribution >= 4 is 22.9 Å². The van der Waals surface area contributed by atoms with Gasteiger partial charge in [0.1, 0.15) is 6.10 Å². The van der Waals surface area contributed by atoms with E-state index in [0.29, 0.717) is 5.02 Å². The second-order valence-electron chi connectivity index (χ2n) is 3.93. The molecule has 0 bridgehead atoms. The molecule has 0 spiro atoms. The zero-order chi connectivity index (χ0) is 11.7. The molecule has 1 aromatic carbocycles. The second-order valence-corrected chi connectivity index (χ2v) is 5.32. The topological polar surface area (TPSA) is 20.2 Å². The first kappa shape index (κ1) is 11.6. The average Bonchev–Trinajstić information content (AvgIpc) is 2.62. The van der Waals surface area contributed by atoms with E-state index in [0.717, 1.165) is 21.6 Å². The normalized spacial score (nSPS) is 12.8. The van der Waals surface area contributed by atoms with E-state index in [1.165, 1.54) is 0 Å². The van der Waals surface area contributed by atoms with E-state index < -0.39 is 6.10 Å². The lowest BCUT2D eigenvalue weighted by atomic mass is 10.0. The molecule has 1 nitrogen and oxygen atoms in total. The minimum absolute atomic E-state index is 0.572. The number of benzene rings is 1. The van der Waals surface area contributed by atoms with E-state index in [9.17, 15) is 5.11 Å². The number of aliphatic hydroxyl groups excluding tert-OH is 1. The molecule has 0 aliphatic rings. The molecule has 0 radical (unpaired) electrons. The van der Waals surface area contributed by atoms with Crippen LogP contribution in [-0.2, 0) is 0 Å². The van der Waals surface area contributed by atoms with E-state index in [1.807, 2.05) is 43.5 Å². The van der Waals surface area contributed by atoms with Crippen LogP contribution in [0.2, 0.25) is 5.02 Å². The van der Waals surface area contributed by atoms with Crippen LogP contribution >= 0.6 is 22.9 Å². The van der Waals surface area contributed by atoms with Crippen molar-refractivity contribution in [3.63, 3.8) is 0 Å². The van der Waals surface area contributed by atoms with Gasteiger partial charge in [-0.3, -0.25) is 0 Å². The van der Waals surface area contributed by atoms with Gasteiger partial charge in [-0.1, -0.05) is 17.7 Å². The molecule has 2 rings (SSSR count). The summed E-state index contributed by atoms with van der Waals surface area (Å²) in [5, 5.41) is 12.9. The molecule has 0 amide bonds. The molecule has 1 unspecified atom stereocenters. The lowest BCUT2D eigenvalue weighted by molar-refractivity contribution is 0.223. The minimum atomic E-state index is -0.572. The molecule has 84 valence electrons. The molecule has 0 aliphatic heterocycles. The van der Waals surface area contributed by atoms with Crippen LogP contribution < -0.4 is 0 Å². The van der Waals surface area contributed by atoms with Crippen molar-refractivity contribution in [3.8, 4) is 0 Å². The fourth-order valence-corrected chi connectivity index (χ4v) is 2.97. The maximum atomic E-state index is 10.3. The average molecular weight is 253 g/mol. The van der Waals surface area contributed by atoms with Crippen molar-refractivity contribution in [2.75, 3.05) is 0 Å². The Morgan fingerprint density at radius 2 is 2.00 bits per heavy atom. The Morgan fingerprint density at radius 1 is 1.25 bits per heavy atom. The first-order valence-electron chi connectivity index (χ1n) is 5.07. The van der Waals surface area contributed by atoms with Crippen LogP contribution in [0.25, 0.3) is 0 Å².